The molecule has 0 saturated carbocycles. The van der Waals surface area contributed by atoms with Gasteiger partial charge in [0.25, 0.3) is 0 Å². The number of hydrogen-bond acceptors (Lipinski definition) is 4. The second-order valence-corrected chi connectivity index (χ2v) is 5.37. The molecule has 0 aliphatic carbocycles. The van der Waals surface area contributed by atoms with Crippen LogP contribution < -0.4 is 16.0 Å². The fourth-order valence-corrected chi connectivity index (χ4v) is 2.12. The highest BCUT2D eigenvalue weighted by atomic mass is 35.5. The number of anilines is 2. The van der Waals surface area contributed by atoms with Crippen molar-refractivity contribution < 1.29 is 4.79 Å². The molecule has 1 amide bonds. The smallest absolute Gasteiger partial charge is 0.241 e. The van der Waals surface area contributed by atoms with E-state index in [1.54, 1.807) is 24.7 Å². The Balaban J connectivity index is 2.10. The van der Waals surface area contributed by atoms with Gasteiger partial charge in [-0.2, -0.15) is 0 Å². The topological polar surface area (TPSA) is 87.0 Å². The molecule has 0 bridgehead atoms. The van der Waals surface area contributed by atoms with Crippen LogP contribution in [0.4, 0.5) is 11.4 Å². The fourth-order valence-electron chi connectivity index (χ4n) is 1.95. The molecular formula is C14H18ClN5O. The van der Waals surface area contributed by atoms with E-state index in [0.717, 1.165) is 11.4 Å². The normalized spacial score (nSPS) is 12.0. The van der Waals surface area contributed by atoms with Gasteiger partial charge in [0.15, 0.2) is 0 Å². The van der Waals surface area contributed by atoms with Gasteiger partial charge in [-0.1, -0.05) is 11.6 Å². The first-order valence-corrected chi connectivity index (χ1v) is 6.85. The van der Waals surface area contributed by atoms with E-state index in [1.165, 1.54) is 0 Å². The standard InChI is InChI=1S/C14H18ClN5O/c1-20(2)13-4-3-9(15)5-12(13)19-14(21)11(16)6-10-7-17-8-18-10/h3-5,7-8,11H,6,16H2,1-2H3,(H,17,18)(H,19,21)/t11-/m0/s1. The molecule has 0 fully saturated rings. The lowest BCUT2D eigenvalue weighted by Crippen LogP contribution is -2.37. The van der Waals surface area contributed by atoms with E-state index >= 15 is 0 Å². The largest absolute Gasteiger partial charge is 0.376 e. The molecule has 1 atom stereocenters. The number of rotatable bonds is 5. The van der Waals surface area contributed by atoms with Gasteiger partial charge in [-0.05, 0) is 18.2 Å². The zero-order valence-electron chi connectivity index (χ0n) is 11.9. The lowest BCUT2D eigenvalue weighted by molar-refractivity contribution is -0.117. The molecule has 0 unspecified atom stereocenters. The number of hydrogen-bond donors (Lipinski definition) is 3. The van der Waals surface area contributed by atoms with Gasteiger partial charge in [0, 0.05) is 37.4 Å². The molecule has 7 heteroatoms. The molecule has 4 N–H and O–H groups in total. The fraction of sp³-hybridized carbons (Fsp3) is 0.286. The number of carbonyl (C=O) groups is 1. The Morgan fingerprint density at radius 2 is 2.29 bits per heavy atom. The van der Waals surface area contributed by atoms with Crippen LogP contribution in [0.1, 0.15) is 5.69 Å². The molecular weight excluding hydrogens is 290 g/mol. The van der Waals surface area contributed by atoms with Crippen molar-refractivity contribution in [3.8, 4) is 0 Å². The number of aromatic amines is 1. The Morgan fingerprint density at radius 1 is 1.52 bits per heavy atom. The summed E-state index contributed by atoms with van der Waals surface area (Å²) in [6, 6.07) is 4.66. The summed E-state index contributed by atoms with van der Waals surface area (Å²) in [7, 11) is 3.78. The molecule has 112 valence electrons. The summed E-state index contributed by atoms with van der Waals surface area (Å²) >= 11 is 5.99. The van der Waals surface area contributed by atoms with Gasteiger partial charge in [-0.15, -0.1) is 0 Å². The number of nitrogens with zero attached hydrogens (tertiary/aromatic N) is 2. The third-order valence-corrected chi connectivity index (χ3v) is 3.26. The van der Waals surface area contributed by atoms with Crippen LogP contribution in [0.3, 0.4) is 0 Å². The van der Waals surface area contributed by atoms with Gasteiger partial charge in [-0.25, -0.2) is 4.98 Å². The number of aromatic nitrogens is 2. The molecule has 2 aromatic rings. The maximum Gasteiger partial charge on any atom is 0.241 e. The van der Waals surface area contributed by atoms with Crippen LogP contribution in [-0.2, 0) is 11.2 Å². The van der Waals surface area contributed by atoms with E-state index in [0.29, 0.717) is 17.1 Å². The quantitative estimate of drug-likeness (QED) is 0.783. The van der Waals surface area contributed by atoms with Crippen molar-refractivity contribution in [3.63, 3.8) is 0 Å². The first kappa shape index (κ1) is 15.3. The summed E-state index contributed by atoms with van der Waals surface area (Å²) in [5, 5.41) is 3.37. The van der Waals surface area contributed by atoms with E-state index < -0.39 is 6.04 Å². The van der Waals surface area contributed by atoms with Gasteiger partial charge >= 0.3 is 0 Å². The molecule has 0 spiro atoms. The van der Waals surface area contributed by atoms with E-state index in [1.807, 2.05) is 25.1 Å². The van der Waals surface area contributed by atoms with Crippen LogP contribution in [0, 0.1) is 0 Å². The number of halogens is 1. The number of amides is 1. The van der Waals surface area contributed by atoms with Gasteiger partial charge in [0.05, 0.1) is 23.7 Å². The third-order valence-electron chi connectivity index (χ3n) is 3.03. The van der Waals surface area contributed by atoms with Gasteiger partial charge in [0.2, 0.25) is 5.91 Å². The Morgan fingerprint density at radius 3 is 2.90 bits per heavy atom. The number of imidazole rings is 1. The molecule has 1 heterocycles. The van der Waals surface area contributed by atoms with Crippen molar-refractivity contribution >= 4 is 28.9 Å². The van der Waals surface area contributed by atoms with Crippen LogP contribution in [0.5, 0.6) is 0 Å². The van der Waals surface area contributed by atoms with Crippen molar-refractivity contribution in [1.29, 1.82) is 0 Å². The van der Waals surface area contributed by atoms with Crippen molar-refractivity contribution in [2.24, 2.45) is 5.73 Å². The van der Waals surface area contributed by atoms with E-state index in [2.05, 4.69) is 15.3 Å². The first-order valence-electron chi connectivity index (χ1n) is 6.48. The summed E-state index contributed by atoms with van der Waals surface area (Å²) in [6.45, 7) is 0. The van der Waals surface area contributed by atoms with Gasteiger partial charge < -0.3 is 20.9 Å². The summed E-state index contributed by atoms with van der Waals surface area (Å²) in [5.74, 6) is -0.269. The first-order chi connectivity index (χ1) is 9.97. The molecule has 6 nitrogen and oxygen atoms in total. The van der Waals surface area contributed by atoms with Gasteiger partial charge in [0.1, 0.15) is 0 Å². The minimum atomic E-state index is -0.667. The average molecular weight is 308 g/mol. The number of nitrogens with one attached hydrogen (secondary N) is 2. The van der Waals surface area contributed by atoms with Crippen LogP contribution in [0.25, 0.3) is 0 Å². The third kappa shape index (κ3) is 3.96. The summed E-state index contributed by atoms with van der Waals surface area (Å²) in [5.41, 5.74) is 8.23. The summed E-state index contributed by atoms with van der Waals surface area (Å²) in [4.78, 5) is 20.9. The second-order valence-electron chi connectivity index (χ2n) is 4.93. The van der Waals surface area contributed by atoms with Crippen LogP contribution in [-0.4, -0.2) is 36.0 Å². The van der Waals surface area contributed by atoms with E-state index in [9.17, 15) is 4.79 Å². The molecule has 1 aromatic heterocycles. The van der Waals surface area contributed by atoms with Crippen molar-refractivity contribution in [1.82, 2.24) is 9.97 Å². The Kier molecular flexibility index (Phi) is 4.82. The predicted molar refractivity (Wildman–Crippen MR) is 84.7 cm³/mol. The summed E-state index contributed by atoms with van der Waals surface area (Å²) in [6.07, 6.45) is 3.60. The monoisotopic (exact) mass is 307 g/mol. The highest BCUT2D eigenvalue weighted by molar-refractivity contribution is 6.31. The zero-order valence-corrected chi connectivity index (χ0v) is 12.7. The molecule has 0 radical (unpaired) electrons. The van der Waals surface area contributed by atoms with Crippen molar-refractivity contribution in [3.05, 3.63) is 41.4 Å². The van der Waals surface area contributed by atoms with Crippen LogP contribution in [0.2, 0.25) is 5.02 Å². The Hall–Kier alpha value is -2.05. The SMILES string of the molecule is CN(C)c1ccc(Cl)cc1NC(=O)[C@@H](N)Cc1cnc[nH]1. The average Bonchev–Trinajstić information content (AvgIpc) is 2.91. The Bertz CT molecular complexity index is 612. The van der Waals surface area contributed by atoms with Crippen LogP contribution in [0.15, 0.2) is 30.7 Å². The number of nitrogens with two attached hydrogens (primary N) is 1. The lowest BCUT2D eigenvalue weighted by Gasteiger charge is -2.19. The molecule has 0 saturated heterocycles. The minimum absolute atomic E-state index is 0.269. The van der Waals surface area contributed by atoms with E-state index in [-0.39, 0.29) is 5.91 Å². The van der Waals surface area contributed by atoms with E-state index in [4.69, 9.17) is 17.3 Å². The molecule has 0 aliphatic heterocycles. The maximum absolute atomic E-state index is 12.2. The predicted octanol–water partition coefficient (Wildman–Crippen LogP) is 1.64. The zero-order chi connectivity index (χ0) is 15.4. The molecule has 2 rings (SSSR count). The minimum Gasteiger partial charge on any atom is -0.376 e. The molecule has 0 aliphatic rings. The lowest BCUT2D eigenvalue weighted by atomic mass is 10.1. The maximum atomic E-state index is 12.2. The molecule has 21 heavy (non-hydrogen) atoms. The second kappa shape index (κ2) is 6.60. The number of H-pyrrole nitrogens is 1. The Labute approximate surface area is 128 Å². The number of benzene rings is 1. The summed E-state index contributed by atoms with van der Waals surface area (Å²) < 4.78 is 0. The van der Waals surface area contributed by atoms with Crippen LogP contribution >= 0.6 is 11.6 Å². The number of carbonyl (C=O) groups excluding carboxylic acids is 1. The highest BCUT2D eigenvalue weighted by Crippen LogP contribution is 2.27. The highest BCUT2D eigenvalue weighted by Gasteiger charge is 2.17. The van der Waals surface area contributed by atoms with Crippen molar-refractivity contribution in [2.75, 3.05) is 24.3 Å². The molecule has 1 aromatic carbocycles. The van der Waals surface area contributed by atoms with Gasteiger partial charge in [-0.3, -0.25) is 4.79 Å². The van der Waals surface area contributed by atoms with Crippen molar-refractivity contribution in [2.45, 2.75) is 12.5 Å².